The summed E-state index contributed by atoms with van der Waals surface area (Å²) in [6.07, 6.45) is 4.47. The molecule has 0 spiro atoms. The van der Waals surface area contributed by atoms with Crippen LogP contribution in [0.1, 0.15) is 21.7 Å². The molecule has 1 aromatic carbocycles. The Hall–Kier alpha value is -3.75. The predicted molar refractivity (Wildman–Crippen MR) is 97.7 cm³/mol. The van der Waals surface area contributed by atoms with Crippen molar-refractivity contribution in [1.29, 1.82) is 0 Å². The largest absolute Gasteiger partial charge is 0.484 e. The summed E-state index contributed by atoms with van der Waals surface area (Å²) in [4.78, 5) is 34.5. The highest BCUT2D eigenvalue weighted by molar-refractivity contribution is 5.91. The van der Waals surface area contributed by atoms with Crippen molar-refractivity contribution in [1.82, 2.24) is 25.6 Å². The molecule has 28 heavy (non-hydrogen) atoms. The summed E-state index contributed by atoms with van der Waals surface area (Å²) >= 11 is 0. The molecule has 8 nitrogen and oxygen atoms in total. The molecule has 0 aliphatic rings. The van der Waals surface area contributed by atoms with Gasteiger partial charge in [0.2, 0.25) is 0 Å². The zero-order valence-electron chi connectivity index (χ0n) is 14.8. The molecule has 3 rings (SSSR count). The summed E-state index contributed by atoms with van der Waals surface area (Å²) in [7, 11) is 0. The summed E-state index contributed by atoms with van der Waals surface area (Å²) in [5.74, 6) is -0.548. The minimum Gasteiger partial charge on any atom is -0.484 e. The van der Waals surface area contributed by atoms with Crippen molar-refractivity contribution in [2.45, 2.75) is 13.1 Å². The maximum absolute atomic E-state index is 12.8. The maximum Gasteiger partial charge on any atom is 0.269 e. The van der Waals surface area contributed by atoms with E-state index in [-0.39, 0.29) is 37.3 Å². The highest BCUT2D eigenvalue weighted by Gasteiger charge is 2.08. The fraction of sp³-hybridized carbons (Fsp3) is 0.158. The van der Waals surface area contributed by atoms with E-state index in [1.165, 1.54) is 36.8 Å². The van der Waals surface area contributed by atoms with Crippen LogP contribution >= 0.6 is 0 Å². The van der Waals surface area contributed by atoms with Crippen LogP contribution in [0.2, 0.25) is 0 Å². The zero-order chi connectivity index (χ0) is 19.8. The molecule has 144 valence electrons. The van der Waals surface area contributed by atoms with E-state index in [0.29, 0.717) is 17.1 Å². The van der Waals surface area contributed by atoms with Gasteiger partial charge >= 0.3 is 0 Å². The molecule has 2 heterocycles. The van der Waals surface area contributed by atoms with Crippen LogP contribution in [-0.2, 0) is 17.9 Å². The Labute approximate surface area is 160 Å². The van der Waals surface area contributed by atoms with Crippen LogP contribution in [0, 0.1) is 5.82 Å². The van der Waals surface area contributed by atoms with Gasteiger partial charge in [-0.3, -0.25) is 14.6 Å². The summed E-state index contributed by atoms with van der Waals surface area (Å²) in [6.45, 7) is 0.354. The second-order valence-corrected chi connectivity index (χ2v) is 5.82. The molecule has 0 aliphatic heterocycles. The number of imidazole rings is 1. The molecule has 0 fully saturated rings. The Morgan fingerprint density at radius 2 is 1.93 bits per heavy atom. The molecule has 9 heteroatoms. The molecule has 3 aromatic rings. The Balaban J connectivity index is 1.44. The molecule has 2 amide bonds. The Kier molecular flexibility index (Phi) is 6.29. The molecule has 0 radical (unpaired) electrons. The van der Waals surface area contributed by atoms with Crippen molar-refractivity contribution in [2.75, 3.05) is 6.61 Å². The lowest BCUT2D eigenvalue weighted by Gasteiger charge is -2.09. The molecule has 2 aromatic heterocycles. The number of ether oxygens (including phenoxy) is 1. The van der Waals surface area contributed by atoms with Crippen molar-refractivity contribution in [2.24, 2.45) is 0 Å². The van der Waals surface area contributed by atoms with Crippen molar-refractivity contribution in [3.8, 4) is 5.75 Å². The number of hydrogen-bond donors (Lipinski definition) is 3. The molecule has 0 bridgehead atoms. The normalized spacial score (nSPS) is 10.3. The molecular formula is C19H18FN5O3. The van der Waals surface area contributed by atoms with Gasteiger partial charge in [0, 0.05) is 12.7 Å². The minimum atomic E-state index is -0.369. The van der Waals surface area contributed by atoms with E-state index in [9.17, 15) is 14.0 Å². The van der Waals surface area contributed by atoms with Crippen LogP contribution in [0.5, 0.6) is 5.75 Å². The number of aromatic nitrogens is 3. The van der Waals surface area contributed by atoms with E-state index in [0.717, 1.165) is 5.56 Å². The Morgan fingerprint density at radius 1 is 1.11 bits per heavy atom. The quantitative estimate of drug-likeness (QED) is 0.547. The number of rotatable bonds is 8. The van der Waals surface area contributed by atoms with Gasteiger partial charge in [-0.1, -0.05) is 0 Å². The van der Waals surface area contributed by atoms with E-state index >= 15 is 0 Å². The number of carbonyl (C=O) groups excluding carboxylic acids is 2. The SMILES string of the molecule is O=C(COc1ccc(F)cc1)NCc1ccnc(CNC(=O)c2cnc[nH]2)c1. The van der Waals surface area contributed by atoms with E-state index in [4.69, 9.17) is 4.74 Å². The van der Waals surface area contributed by atoms with Crippen LogP contribution in [0.4, 0.5) is 4.39 Å². The number of H-pyrrole nitrogens is 1. The van der Waals surface area contributed by atoms with Crippen LogP contribution in [0.25, 0.3) is 0 Å². The van der Waals surface area contributed by atoms with Crippen LogP contribution in [0.3, 0.4) is 0 Å². The summed E-state index contributed by atoms with van der Waals surface area (Å²) in [5, 5.41) is 5.46. The van der Waals surface area contributed by atoms with E-state index in [1.54, 1.807) is 18.3 Å². The molecule has 0 saturated carbocycles. The minimum absolute atomic E-state index is 0.177. The number of carbonyl (C=O) groups is 2. The first-order valence-electron chi connectivity index (χ1n) is 8.45. The Bertz CT molecular complexity index is 929. The fourth-order valence-corrected chi connectivity index (χ4v) is 2.31. The average molecular weight is 383 g/mol. The lowest BCUT2D eigenvalue weighted by atomic mass is 10.2. The summed E-state index contributed by atoms with van der Waals surface area (Å²) < 4.78 is 18.1. The number of nitrogens with zero attached hydrogens (tertiary/aromatic N) is 2. The number of pyridine rings is 1. The molecule has 3 N–H and O–H groups in total. The lowest BCUT2D eigenvalue weighted by molar-refractivity contribution is -0.123. The van der Waals surface area contributed by atoms with E-state index in [2.05, 4.69) is 25.6 Å². The maximum atomic E-state index is 12.8. The summed E-state index contributed by atoms with van der Waals surface area (Å²) in [5.41, 5.74) is 1.85. The second kappa shape index (κ2) is 9.26. The third-order valence-corrected chi connectivity index (χ3v) is 3.73. The number of benzene rings is 1. The van der Waals surface area contributed by atoms with Gasteiger partial charge in [0.25, 0.3) is 11.8 Å². The topological polar surface area (TPSA) is 109 Å². The highest BCUT2D eigenvalue weighted by atomic mass is 19.1. The van der Waals surface area contributed by atoms with E-state index < -0.39 is 0 Å². The smallest absolute Gasteiger partial charge is 0.269 e. The van der Waals surface area contributed by atoms with Gasteiger partial charge < -0.3 is 20.4 Å². The first-order chi connectivity index (χ1) is 13.6. The summed E-state index contributed by atoms with van der Waals surface area (Å²) in [6, 6.07) is 8.98. The van der Waals surface area contributed by atoms with Gasteiger partial charge in [0.05, 0.1) is 24.8 Å². The van der Waals surface area contributed by atoms with Gasteiger partial charge in [-0.05, 0) is 42.0 Å². The number of halogens is 1. The van der Waals surface area contributed by atoms with Crippen LogP contribution in [0.15, 0.2) is 55.1 Å². The van der Waals surface area contributed by atoms with Crippen molar-refractivity contribution in [3.05, 3.63) is 77.9 Å². The number of nitrogens with one attached hydrogen (secondary N) is 3. The van der Waals surface area contributed by atoms with Crippen molar-refractivity contribution in [3.63, 3.8) is 0 Å². The number of aromatic amines is 1. The molecule has 0 aliphatic carbocycles. The fourth-order valence-electron chi connectivity index (χ4n) is 2.31. The molecule has 0 saturated heterocycles. The monoisotopic (exact) mass is 383 g/mol. The van der Waals surface area contributed by atoms with E-state index in [1.807, 2.05) is 0 Å². The predicted octanol–water partition coefficient (Wildman–Crippen LogP) is 1.57. The Morgan fingerprint density at radius 3 is 2.68 bits per heavy atom. The standard InChI is InChI=1S/C19H18FN5O3/c20-14-1-3-16(4-2-14)28-11-18(26)23-8-13-5-6-22-15(7-13)9-24-19(27)17-10-21-12-25-17/h1-7,10,12H,8-9,11H2,(H,21,25)(H,23,26)(H,24,27). The molecular weight excluding hydrogens is 365 g/mol. The first-order valence-corrected chi connectivity index (χ1v) is 8.45. The van der Waals surface area contributed by atoms with Gasteiger partial charge in [0.15, 0.2) is 6.61 Å². The lowest BCUT2D eigenvalue weighted by Crippen LogP contribution is -2.28. The van der Waals surface area contributed by atoms with Crippen molar-refractivity contribution >= 4 is 11.8 Å². The van der Waals surface area contributed by atoms with Gasteiger partial charge in [-0.2, -0.15) is 0 Å². The van der Waals surface area contributed by atoms with Crippen LogP contribution < -0.4 is 15.4 Å². The van der Waals surface area contributed by atoms with Gasteiger partial charge in [0.1, 0.15) is 17.3 Å². The molecule has 0 unspecified atom stereocenters. The first kappa shape index (κ1) is 19.0. The van der Waals surface area contributed by atoms with Gasteiger partial charge in [-0.15, -0.1) is 0 Å². The highest BCUT2D eigenvalue weighted by Crippen LogP contribution is 2.10. The third-order valence-electron chi connectivity index (χ3n) is 3.73. The average Bonchev–Trinajstić information content (AvgIpc) is 3.25. The number of hydrogen-bond acceptors (Lipinski definition) is 5. The zero-order valence-corrected chi connectivity index (χ0v) is 14.8. The van der Waals surface area contributed by atoms with Gasteiger partial charge in [-0.25, -0.2) is 9.37 Å². The number of amides is 2. The van der Waals surface area contributed by atoms with Crippen molar-refractivity contribution < 1.29 is 18.7 Å². The third kappa shape index (κ3) is 5.63. The second-order valence-electron chi connectivity index (χ2n) is 5.82. The van der Waals surface area contributed by atoms with Crippen LogP contribution in [-0.4, -0.2) is 33.4 Å². The molecule has 0 atom stereocenters.